The van der Waals surface area contributed by atoms with Gasteiger partial charge in [-0.2, -0.15) is 0 Å². The maximum atomic E-state index is 12.0. The molecular formula is C9H13N3O4S2. The zero-order chi connectivity index (χ0) is 13.3. The molecule has 0 amide bonds. The van der Waals surface area contributed by atoms with Gasteiger partial charge in [0.05, 0.1) is 4.92 Å². The number of rotatable bonds is 4. The first-order valence-corrected chi connectivity index (χ1v) is 7.76. The van der Waals surface area contributed by atoms with Crippen molar-refractivity contribution in [1.82, 2.24) is 4.72 Å². The van der Waals surface area contributed by atoms with Gasteiger partial charge in [-0.1, -0.05) is 24.2 Å². The summed E-state index contributed by atoms with van der Waals surface area (Å²) in [5, 5.41) is 10.5. The van der Waals surface area contributed by atoms with E-state index in [0.717, 1.165) is 43.1 Å². The Kier molecular flexibility index (Phi) is 3.55. The molecule has 1 aliphatic rings. The van der Waals surface area contributed by atoms with E-state index in [4.69, 9.17) is 5.73 Å². The van der Waals surface area contributed by atoms with Gasteiger partial charge in [0.2, 0.25) is 0 Å². The normalized spacial score (nSPS) is 17.1. The summed E-state index contributed by atoms with van der Waals surface area (Å²) in [5.41, 5.74) is 5.08. The van der Waals surface area contributed by atoms with Gasteiger partial charge >= 0.3 is 5.69 Å². The molecule has 1 heterocycles. The van der Waals surface area contributed by atoms with E-state index in [2.05, 4.69) is 4.72 Å². The first kappa shape index (κ1) is 13.2. The van der Waals surface area contributed by atoms with Crippen LogP contribution in [0.15, 0.2) is 10.3 Å². The number of anilines is 1. The molecule has 1 aromatic rings. The molecule has 0 spiro atoms. The number of nitrogens with zero attached hydrogens (tertiary/aromatic N) is 1. The molecule has 7 nitrogen and oxygen atoms in total. The number of thiophene rings is 1. The van der Waals surface area contributed by atoms with E-state index >= 15 is 0 Å². The average molecular weight is 291 g/mol. The van der Waals surface area contributed by atoms with Crippen molar-refractivity contribution in [2.24, 2.45) is 0 Å². The number of nitro groups is 1. The van der Waals surface area contributed by atoms with Crippen molar-refractivity contribution in [2.45, 2.75) is 35.9 Å². The minimum Gasteiger partial charge on any atom is -0.385 e. The number of nitrogens with one attached hydrogen (secondary N) is 1. The topological polar surface area (TPSA) is 115 Å². The molecule has 1 fully saturated rings. The maximum absolute atomic E-state index is 12.0. The zero-order valence-electron chi connectivity index (χ0n) is 9.46. The molecule has 2 rings (SSSR count). The van der Waals surface area contributed by atoms with E-state index in [1.807, 2.05) is 0 Å². The van der Waals surface area contributed by atoms with E-state index in [1.54, 1.807) is 0 Å². The zero-order valence-corrected chi connectivity index (χ0v) is 11.1. The van der Waals surface area contributed by atoms with Crippen molar-refractivity contribution < 1.29 is 13.3 Å². The van der Waals surface area contributed by atoms with Crippen molar-refractivity contribution in [3.05, 3.63) is 16.2 Å². The first-order valence-electron chi connectivity index (χ1n) is 5.46. The van der Waals surface area contributed by atoms with Crippen LogP contribution in [0.5, 0.6) is 0 Å². The molecule has 0 bridgehead atoms. The van der Waals surface area contributed by atoms with Gasteiger partial charge in [0.25, 0.3) is 10.0 Å². The van der Waals surface area contributed by atoms with Crippen LogP contribution < -0.4 is 10.5 Å². The molecule has 1 aliphatic carbocycles. The van der Waals surface area contributed by atoms with Crippen molar-refractivity contribution in [3.63, 3.8) is 0 Å². The summed E-state index contributed by atoms with van der Waals surface area (Å²) in [4.78, 5) is 9.94. The Bertz CT molecular complexity index is 560. The molecule has 0 saturated heterocycles. The molecule has 100 valence electrons. The van der Waals surface area contributed by atoms with Gasteiger partial charge in [-0.25, -0.2) is 13.1 Å². The quantitative estimate of drug-likeness (QED) is 0.643. The van der Waals surface area contributed by atoms with Crippen LogP contribution in [0, 0.1) is 10.1 Å². The second-order valence-corrected chi connectivity index (χ2v) is 7.20. The summed E-state index contributed by atoms with van der Waals surface area (Å²) in [5.74, 6) is 0. The van der Waals surface area contributed by atoms with E-state index in [1.165, 1.54) is 0 Å². The highest BCUT2D eigenvalue weighted by atomic mass is 32.2. The lowest BCUT2D eigenvalue weighted by atomic mass is 10.3. The van der Waals surface area contributed by atoms with Crippen molar-refractivity contribution in [2.75, 3.05) is 5.73 Å². The van der Waals surface area contributed by atoms with Gasteiger partial charge < -0.3 is 5.73 Å². The number of nitrogen functional groups attached to an aromatic ring is 1. The minimum absolute atomic E-state index is 0.0719. The fraction of sp³-hybridized carbons (Fsp3) is 0.556. The van der Waals surface area contributed by atoms with Crippen LogP contribution >= 0.6 is 11.3 Å². The Hall–Kier alpha value is -1.19. The van der Waals surface area contributed by atoms with Crippen LogP contribution in [-0.4, -0.2) is 19.4 Å². The van der Waals surface area contributed by atoms with Crippen molar-refractivity contribution in [1.29, 1.82) is 0 Å². The molecule has 0 radical (unpaired) electrons. The number of hydrogen-bond acceptors (Lipinski definition) is 6. The highest BCUT2D eigenvalue weighted by molar-refractivity contribution is 7.91. The van der Waals surface area contributed by atoms with Crippen LogP contribution in [0.3, 0.4) is 0 Å². The Morgan fingerprint density at radius 2 is 2.06 bits per heavy atom. The van der Waals surface area contributed by atoms with E-state index in [0.29, 0.717) is 0 Å². The monoisotopic (exact) mass is 291 g/mol. The van der Waals surface area contributed by atoms with Gasteiger partial charge in [-0.3, -0.25) is 10.1 Å². The van der Waals surface area contributed by atoms with Crippen LogP contribution in [0.1, 0.15) is 25.7 Å². The Balaban J connectivity index is 2.24. The lowest BCUT2D eigenvalue weighted by molar-refractivity contribution is -0.383. The summed E-state index contributed by atoms with van der Waals surface area (Å²) >= 11 is 0.719. The third kappa shape index (κ3) is 2.62. The Morgan fingerprint density at radius 1 is 1.44 bits per heavy atom. The Morgan fingerprint density at radius 3 is 2.56 bits per heavy atom. The molecule has 9 heteroatoms. The summed E-state index contributed by atoms with van der Waals surface area (Å²) in [6, 6.07) is 0.939. The van der Waals surface area contributed by atoms with Gasteiger partial charge in [-0.15, -0.1) is 0 Å². The van der Waals surface area contributed by atoms with Crippen LogP contribution in [-0.2, 0) is 10.0 Å². The fourth-order valence-electron chi connectivity index (χ4n) is 1.97. The summed E-state index contributed by atoms with van der Waals surface area (Å²) in [7, 11) is -3.69. The second kappa shape index (κ2) is 4.82. The molecule has 0 aliphatic heterocycles. The van der Waals surface area contributed by atoms with Crippen molar-refractivity contribution >= 4 is 32.0 Å². The van der Waals surface area contributed by atoms with E-state index in [-0.39, 0.29) is 20.9 Å². The van der Waals surface area contributed by atoms with Crippen LogP contribution in [0.2, 0.25) is 0 Å². The number of nitrogens with two attached hydrogens (primary N) is 1. The SMILES string of the molecule is Nc1sc(S(=O)(=O)NC2CCCC2)cc1[N+](=O)[O-]. The molecule has 3 N–H and O–H groups in total. The summed E-state index contributed by atoms with van der Waals surface area (Å²) < 4.78 is 26.5. The molecule has 0 aromatic carbocycles. The van der Waals surface area contributed by atoms with Crippen LogP contribution in [0.4, 0.5) is 10.7 Å². The van der Waals surface area contributed by atoms with E-state index in [9.17, 15) is 18.5 Å². The highest BCUT2D eigenvalue weighted by Crippen LogP contribution is 2.34. The molecule has 0 unspecified atom stereocenters. The fourth-order valence-corrected chi connectivity index (χ4v) is 4.50. The number of sulfonamides is 1. The largest absolute Gasteiger partial charge is 0.385 e. The lowest BCUT2D eigenvalue weighted by Crippen LogP contribution is -2.32. The molecular weight excluding hydrogens is 278 g/mol. The van der Waals surface area contributed by atoms with Gasteiger partial charge in [0, 0.05) is 12.1 Å². The summed E-state index contributed by atoms with van der Waals surface area (Å²) in [6.45, 7) is 0. The maximum Gasteiger partial charge on any atom is 0.304 e. The van der Waals surface area contributed by atoms with Crippen LogP contribution in [0.25, 0.3) is 0 Å². The molecule has 1 saturated carbocycles. The highest BCUT2D eigenvalue weighted by Gasteiger charge is 2.28. The van der Waals surface area contributed by atoms with Gasteiger partial charge in [0.1, 0.15) is 4.21 Å². The van der Waals surface area contributed by atoms with Crippen molar-refractivity contribution in [3.8, 4) is 0 Å². The predicted molar refractivity (Wildman–Crippen MR) is 68.0 cm³/mol. The lowest BCUT2D eigenvalue weighted by Gasteiger charge is -2.10. The third-order valence-corrected chi connectivity index (χ3v) is 5.80. The Labute approximate surface area is 108 Å². The summed E-state index contributed by atoms with van der Waals surface area (Å²) in [6.07, 6.45) is 3.62. The smallest absolute Gasteiger partial charge is 0.304 e. The second-order valence-electron chi connectivity index (χ2n) is 4.17. The average Bonchev–Trinajstić information content (AvgIpc) is 2.86. The molecule has 1 aromatic heterocycles. The standard InChI is InChI=1S/C9H13N3O4S2/c10-9-7(12(13)14)5-8(17-9)18(15,16)11-6-3-1-2-4-6/h5-6,11H,1-4,10H2. The first-order chi connectivity index (χ1) is 8.40. The molecule has 0 atom stereocenters. The molecule has 18 heavy (non-hydrogen) atoms. The minimum atomic E-state index is -3.69. The van der Waals surface area contributed by atoms with E-state index < -0.39 is 14.9 Å². The van der Waals surface area contributed by atoms with Gasteiger partial charge in [-0.05, 0) is 12.8 Å². The predicted octanol–water partition coefficient (Wildman–Crippen LogP) is 1.46. The van der Waals surface area contributed by atoms with Gasteiger partial charge in [0.15, 0.2) is 5.00 Å². The third-order valence-electron chi connectivity index (χ3n) is 2.86. The number of hydrogen-bond donors (Lipinski definition) is 2.